The zero-order chi connectivity index (χ0) is 12.3. The van der Waals surface area contributed by atoms with Crippen molar-refractivity contribution in [2.75, 3.05) is 13.1 Å². The second-order valence-corrected chi connectivity index (χ2v) is 4.64. The van der Waals surface area contributed by atoms with Gasteiger partial charge in [0.05, 0.1) is 6.33 Å². The summed E-state index contributed by atoms with van der Waals surface area (Å²) in [6, 6.07) is -0.338. The van der Waals surface area contributed by atoms with Crippen molar-refractivity contribution in [2.24, 2.45) is 0 Å². The smallest absolute Gasteiger partial charge is 0.320 e. The highest BCUT2D eigenvalue weighted by Crippen LogP contribution is 2.30. The Bertz CT molecular complexity index is 364. The molecule has 1 aliphatic heterocycles. The Morgan fingerprint density at radius 3 is 3.12 bits per heavy atom. The van der Waals surface area contributed by atoms with E-state index in [1.807, 2.05) is 0 Å². The minimum absolute atomic E-state index is 0.274. The fraction of sp³-hybridized carbons (Fsp3) is 0.667. The molecule has 2 N–H and O–H groups in total. The predicted octanol–water partition coefficient (Wildman–Crippen LogP) is 1.45. The standard InChI is InChI=1S/C12H19N3O2/c1-2-3-4-15-7-9(5-11(15)12(16)17)10-6-13-8-14-10/h6,8-9,11H,2-5,7H2,1H3,(H,13,14)(H,16,17). The summed E-state index contributed by atoms with van der Waals surface area (Å²) in [5, 5.41) is 9.23. The van der Waals surface area contributed by atoms with Crippen molar-refractivity contribution in [3.8, 4) is 0 Å². The van der Waals surface area contributed by atoms with Crippen LogP contribution < -0.4 is 0 Å². The molecule has 0 radical (unpaired) electrons. The molecule has 1 aliphatic rings. The number of aromatic amines is 1. The van der Waals surface area contributed by atoms with Gasteiger partial charge in [-0.1, -0.05) is 13.3 Å². The molecule has 1 aromatic rings. The number of rotatable bonds is 5. The van der Waals surface area contributed by atoms with Gasteiger partial charge in [-0.2, -0.15) is 0 Å². The van der Waals surface area contributed by atoms with Crippen molar-refractivity contribution in [2.45, 2.75) is 38.1 Å². The first kappa shape index (κ1) is 12.1. The lowest BCUT2D eigenvalue weighted by Gasteiger charge is -2.20. The molecule has 94 valence electrons. The molecule has 2 unspecified atom stereocenters. The number of likely N-dealkylation sites (tertiary alicyclic amines) is 1. The molecule has 5 heteroatoms. The summed E-state index contributed by atoms with van der Waals surface area (Å²) in [5.74, 6) is -0.432. The molecule has 1 aromatic heterocycles. The molecule has 1 saturated heterocycles. The number of H-pyrrole nitrogens is 1. The topological polar surface area (TPSA) is 69.2 Å². The van der Waals surface area contributed by atoms with Crippen LogP contribution in [0.4, 0.5) is 0 Å². The minimum Gasteiger partial charge on any atom is -0.480 e. The molecule has 0 saturated carbocycles. The van der Waals surface area contributed by atoms with Crippen molar-refractivity contribution < 1.29 is 9.90 Å². The van der Waals surface area contributed by atoms with E-state index in [2.05, 4.69) is 21.8 Å². The van der Waals surface area contributed by atoms with Gasteiger partial charge in [-0.25, -0.2) is 4.98 Å². The normalized spacial score (nSPS) is 25.2. The fourth-order valence-corrected chi connectivity index (χ4v) is 2.48. The van der Waals surface area contributed by atoms with Gasteiger partial charge < -0.3 is 10.1 Å². The van der Waals surface area contributed by atoms with E-state index < -0.39 is 5.97 Å². The summed E-state index contributed by atoms with van der Waals surface area (Å²) in [6.07, 6.45) is 6.28. The summed E-state index contributed by atoms with van der Waals surface area (Å²) < 4.78 is 0. The van der Waals surface area contributed by atoms with Crippen molar-refractivity contribution >= 4 is 5.97 Å². The third kappa shape index (κ3) is 2.66. The summed E-state index contributed by atoms with van der Waals surface area (Å²) in [7, 11) is 0. The lowest BCUT2D eigenvalue weighted by molar-refractivity contribution is -0.142. The van der Waals surface area contributed by atoms with Crippen LogP contribution in [0.1, 0.15) is 37.8 Å². The number of carboxylic acid groups (broad SMARTS) is 1. The van der Waals surface area contributed by atoms with E-state index in [4.69, 9.17) is 0 Å². The van der Waals surface area contributed by atoms with Gasteiger partial charge in [0.2, 0.25) is 0 Å². The highest BCUT2D eigenvalue weighted by molar-refractivity contribution is 5.74. The molecule has 2 atom stereocenters. The lowest BCUT2D eigenvalue weighted by atomic mass is 10.0. The molecule has 1 fully saturated rings. The van der Waals surface area contributed by atoms with Gasteiger partial charge in [0.15, 0.2) is 0 Å². The van der Waals surface area contributed by atoms with Crippen LogP contribution in [0.25, 0.3) is 0 Å². The van der Waals surface area contributed by atoms with Crippen molar-refractivity contribution in [1.82, 2.24) is 14.9 Å². The van der Waals surface area contributed by atoms with E-state index in [1.165, 1.54) is 0 Å². The van der Waals surface area contributed by atoms with Crippen molar-refractivity contribution in [1.29, 1.82) is 0 Å². The maximum absolute atomic E-state index is 11.2. The monoisotopic (exact) mass is 237 g/mol. The van der Waals surface area contributed by atoms with Crippen LogP contribution in [0, 0.1) is 0 Å². The molecule has 0 amide bonds. The first-order valence-corrected chi connectivity index (χ1v) is 6.17. The summed E-state index contributed by atoms with van der Waals surface area (Å²) in [5.41, 5.74) is 1.05. The van der Waals surface area contributed by atoms with Gasteiger partial charge in [-0.05, 0) is 19.4 Å². The molecule has 2 heterocycles. The lowest BCUT2D eigenvalue weighted by Crippen LogP contribution is -2.36. The van der Waals surface area contributed by atoms with Crippen LogP contribution in [0.5, 0.6) is 0 Å². The number of carboxylic acids is 1. The Kier molecular flexibility index (Phi) is 3.78. The molecule has 5 nitrogen and oxygen atoms in total. The Morgan fingerprint density at radius 2 is 2.53 bits per heavy atom. The van der Waals surface area contributed by atoms with Gasteiger partial charge >= 0.3 is 5.97 Å². The molecular weight excluding hydrogens is 218 g/mol. The van der Waals surface area contributed by atoms with E-state index in [1.54, 1.807) is 12.5 Å². The SMILES string of the molecule is CCCCN1CC(c2cnc[nH]2)CC1C(=O)O. The number of carbonyl (C=O) groups is 1. The van der Waals surface area contributed by atoms with Crippen LogP contribution in [0.3, 0.4) is 0 Å². The number of nitrogens with one attached hydrogen (secondary N) is 1. The van der Waals surface area contributed by atoms with E-state index >= 15 is 0 Å². The van der Waals surface area contributed by atoms with Gasteiger partial charge in [0, 0.05) is 24.4 Å². The fourth-order valence-electron chi connectivity index (χ4n) is 2.48. The zero-order valence-corrected chi connectivity index (χ0v) is 10.1. The van der Waals surface area contributed by atoms with Crippen LogP contribution in [0.15, 0.2) is 12.5 Å². The highest BCUT2D eigenvalue weighted by atomic mass is 16.4. The number of nitrogens with zero attached hydrogens (tertiary/aromatic N) is 2. The molecule has 0 bridgehead atoms. The Balaban J connectivity index is 2.03. The first-order chi connectivity index (χ1) is 8.22. The minimum atomic E-state index is -0.705. The second kappa shape index (κ2) is 5.31. The summed E-state index contributed by atoms with van der Waals surface area (Å²) in [6.45, 7) is 3.81. The van der Waals surface area contributed by atoms with Crippen LogP contribution in [0.2, 0.25) is 0 Å². The summed E-state index contributed by atoms with van der Waals surface area (Å²) in [4.78, 5) is 20.4. The van der Waals surface area contributed by atoms with Gasteiger partial charge in [0.1, 0.15) is 6.04 Å². The van der Waals surface area contributed by atoms with Gasteiger partial charge in [-0.15, -0.1) is 0 Å². The van der Waals surface area contributed by atoms with Crippen LogP contribution in [-0.4, -0.2) is 45.1 Å². The van der Waals surface area contributed by atoms with E-state index in [0.29, 0.717) is 6.42 Å². The Morgan fingerprint density at radius 1 is 1.71 bits per heavy atom. The highest BCUT2D eigenvalue weighted by Gasteiger charge is 2.37. The molecule has 0 spiro atoms. The summed E-state index contributed by atoms with van der Waals surface area (Å²) >= 11 is 0. The molecule has 2 rings (SSSR count). The van der Waals surface area contributed by atoms with Crippen molar-refractivity contribution in [3.05, 3.63) is 18.2 Å². The molecule has 0 aromatic carbocycles. The number of aromatic nitrogens is 2. The van der Waals surface area contributed by atoms with Crippen LogP contribution >= 0.6 is 0 Å². The number of imidazole rings is 1. The molecular formula is C12H19N3O2. The number of hydrogen-bond donors (Lipinski definition) is 2. The first-order valence-electron chi connectivity index (χ1n) is 6.17. The largest absolute Gasteiger partial charge is 0.480 e. The average molecular weight is 237 g/mol. The third-order valence-electron chi connectivity index (χ3n) is 3.45. The van der Waals surface area contributed by atoms with Crippen molar-refractivity contribution in [3.63, 3.8) is 0 Å². The molecule has 17 heavy (non-hydrogen) atoms. The predicted molar refractivity (Wildman–Crippen MR) is 63.9 cm³/mol. The average Bonchev–Trinajstić information content (AvgIpc) is 2.94. The molecule has 0 aliphatic carbocycles. The van der Waals surface area contributed by atoms with E-state index in [0.717, 1.165) is 31.6 Å². The second-order valence-electron chi connectivity index (χ2n) is 4.64. The quantitative estimate of drug-likeness (QED) is 0.813. The maximum Gasteiger partial charge on any atom is 0.320 e. The number of hydrogen-bond acceptors (Lipinski definition) is 3. The number of aliphatic carboxylic acids is 1. The van der Waals surface area contributed by atoms with Crippen LogP contribution in [-0.2, 0) is 4.79 Å². The third-order valence-corrected chi connectivity index (χ3v) is 3.45. The van der Waals surface area contributed by atoms with E-state index in [-0.39, 0.29) is 12.0 Å². The maximum atomic E-state index is 11.2. The van der Waals surface area contributed by atoms with E-state index in [9.17, 15) is 9.90 Å². The van der Waals surface area contributed by atoms with Gasteiger partial charge in [0.25, 0.3) is 0 Å². The Hall–Kier alpha value is -1.36. The zero-order valence-electron chi connectivity index (χ0n) is 10.1. The van der Waals surface area contributed by atoms with Gasteiger partial charge in [-0.3, -0.25) is 9.69 Å². The Labute approximate surface area is 101 Å². The number of unbranched alkanes of at least 4 members (excludes halogenated alkanes) is 1.